The molecule has 1 radical (unpaired) electrons. The third-order valence-electron chi connectivity index (χ3n) is 13.6. The summed E-state index contributed by atoms with van der Waals surface area (Å²) >= 11 is 0. The zero-order chi connectivity index (χ0) is 51.8. The van der Waals surface area contributed by atoms with Crippen molar-refractivity contribution < 1.29 is 37.9 Å². The van der Waals surface area contributed by atoms with Crippen LogP contribution in [0.3, 0.4) is 0 Å². The van der Waals surface area contributed by atoms with Gasteiger partial charge in [-0.1, -0.05) is 172 Å². The summed E-state index contributed by atoms with van der Waals surface area (Å²) in [5.74, 6) is 0. The van der Waals surface area contributed by atoms with E-state index in [1.807, 2.05) is 0 Å². The van der Waals surface area contributed by atoms with Crippen molar-refractivity contribution in [2.75, 3.05) is 106 Å². The molecule has 73 heavy (non-hydrogen) atoms. The van der Waals surface area contributed by atoms with Gasteiger partial charge in [-0.05, 0) is 109 Å². The van der Waals surface area contributed by atoms with Crippen LogP contribution < -0.4 is 32.8 Å². The summed E-state index contributed by atoms with van der Waals surface area (Å²) in [6, 6.07) is 28.5. The molecule has 3 fully saturated rings. The number of rotatable bonds is 6. The standard InChI is InChI=1S/C42H48B2.C12H24O6.2C4H8O.K/c1-25-17-29(5)39(30(6)18-25)43(40-31(7)19-26(2)20-32(40)8)37-13-15-38(16-14-37)44(41-33(9)21-27(3)22-34(41)10)42-35(11)23-28(4)24-36(42)12;1-2-14-5-6-16-9-10-18-12-11-17-8-7-15-4-3-13-1;2*1-2-4-5-3-1;/h13-24H,1-12H3;1-12H2;2*1-4H2;. The zero-order valence-electron chi connectivity index (χ0n) is 47.5. The Morgan fingerprint density at radius 1 is 0.247 bits per heavy atom. The van der Waals surface area contributed by atoms with Gasteiger partial charge >= 0.3 is 0 Å². The molecule has 391 valence electrons. The minimum atomic E-state index is 0. The third kappa shape index (κ3) is 20.8. The molecule has 0 aromatic heterocycles. The SMILES string of the molecule is C1CCOC1.C1CCOC1.C1COCCOCCOCCOCCOCCO1.Cc1cc(C)c(B(c2ccc(B(c3c(C)cc(C)cc3C)c3c(C)cc(C)cc3C)cc2)c2c(C)cc(C)cc2C)c(C)c1.[K]. The summed E-state index contributed by atoms with van der Waals surface area (Å²) in [7, 11) is 0. The molecule has 8 nitrogen and oxygen atoms in total. The van der Waals surface area contributed by atoms with Crippen LogP contribution in [-0.2, 0) is 37.9 Å². The first-order chi connectivity index (χ1) is 34.8. The second kappa shape index (κ2) is 34.3. The first kappa shape index (κ1) is 63.1. The molecule has 5 aromatic rings. The average Bonchev–Trinajstić information content (AvgIpc) is 4.12. The summed E-state index contributed by atoms with van der Waals surface area (Å²) in [6.45, 7) is 38.5. The van der Waals surface area contributed by atoms with Gasteiger partial charge in [-0.25, -0.2) is 0 Å². The van der Waals surface area contributed by atoms with E-state index in [9.17, 15) is 0 Å². The average molecular weight is 1020 g/mol. The molecule has 0 spiro atoms. The summed E-state index contributed by atoms with van der Waals surface area (Å²) in [6.07, 6.45) is 5.11. The molecule has 0 N–H and O–H groups in total. The minimum Gasteiger partial charge on any atom is -0.381 e. The van der Waals surface area contributed by atoms with Crippen LogP contribution in [0.4, 0.5) is 0 Å². The summed E-state index contributed by atoms with van der Waals surface area (Å²) in [5, 5.41) is 0. The third-order valence-corrected chi connectivity index (χ3v) is 13.6. The van der Waals surface area contributed by atoms with E-state index in [4.69, 9.17) is 37.9 Å². The van der Waals surface area contributed by atoms with E-state index in [0.29, 0.717) is 79.3 Å². The van der Waals surface area contributed by atoms with Crippen molar-refractivity contribution in [2.24, 2.45) is 0 Å². The fraction of sp³-hybridized carbons (Fsp3) is 0.516. The van der Waals surface area contributed by atoms with E-state index >= 15 is 0 Å². The number of hydrogen-bond acceptors (Lipinski definition) is 8. The molecule has 11 heteroatoms. The summed E-state index contributed by atoms with van der Waals surface area (Å²) in [5.41, 5.74) is 24.7. The van der Waals surface area contributed by atoms with Gasteiger partial charge in [0.1, 0.15) is 0 Å². The molecular weight excluding hydrogens is 933 g/mol. The van der Waals surface area contributed by atoms with E-state index in [0.717, 1.165) is 26.4 Å². The predicted molar refractivity (Wildman–Crippen MR) is 309 cm³/mol. The van der Waals surface area contributed by atoms with Crippen LogP contribution in [-0.4, -0.2) is 171 Å². The van der Waals surface area contributed by atoms with E-state index in [1.165, 1.54) is 125 Å². The maximum Gasteiger partial charge on any atom is 0.242 e. The molecule has 3 saturated heterocycles. The van der Waals surface area contributed by atoms with Crippen molar-refractivity contribution in [3.8, 4) is 0 Å². The van der Waals surface area contributed by atoms with E-state index in [2.05, 4.69) is 156 Å². The first-order valence-electron chi connectivity index (χ1n) is 26.8. The molecule has 3 aliphatic rings. The van der Waals surface area contributed by atoms with Gasteiger partial charge in [0.25, 0.3) is 0 Å². The second-order valence-corrected chi connectivity index (χ2v) is 20.1. The summed E-state index contributed by atoms with van der Waals surface area (Å²) < 4.78 is 41.9. The number of ether oxygens (including phenoxy) is 8. The minimum absolute atomic E-state index is 0. The Morgan fingerprint density at radius 3 is 0.534 bits per heavy atom. The van der Waals surface area contributed by atoms with Gasteiger partial charge in [0.2, 0.25) is 13.4 Å². The Kier molecular flexibility index (Phi) is 29.7. The molecule has 0 amide bonds. The van der Waals surface area contributed by atoms with Crippen LogP contribution in [0.15, 0.2) is 72.8 Å². The van der Waals surface area contributed by atoms with Gasteiger partial charge < -0.3 is 37.9 Å². The molecule has 3 heterocycles. The molecular formula is C62H88B2KO8. The number of hydrogen-bond donors (Lipinski definition) is 0. The smallest absolute Gasteiger partial charge is 0.242 e. The maximum atomic E-state index is 5.33. The van der Waals surface area contributed by atoms with Gasteiger partial charge in [-0.2, -0.15) is 0 Å². The van der Waals surface area contributed by atoms with E-state index < -0.39 is 0 Å². The molecule has 0 saturated carbocycles. The van der Waals surface area contributed by atoms with Crippen LogP contribution >= 0.6 is 0 Å². The van der Waals surface area contributed by atoms with Crippen molar-refractivity contribution in [3.05, 3.63) is 140 Å². The summed E-state index contributed by atoms with van der Waals surface area (Å²) in [4.78, 5) is 0. The number of aryl methyl sites for hydroxylation is 12. The molecule has 8 rings (SSSR count). The van der Waals surface area contributed by atoms with Crippen molar-refractivity contribution >= 4 is 97.6 Å². The second-order valence-electron chi connectivity index (χ2n) is 20.1. The Morgan fingerprint density at radius 2 is 0.397 bits per heavy atom. The maximum absolute atomic E-state index is 5.33. The van der Waals surface area contributed by atoms with Crippen LogP contribution in [0.5, 0.6) is 0 Å². The molecule has 0 unspecified atom stereocenters. The zero-order valence-corrected chi connectivity index (χ0v) is 50.6. The molecule has 5 aromatic carbocycles. The first-order valence-corrected chi connectivity index (χ1v) is 26.8. The van der Waals surface area contributed by atoms with Crippen LogP contribution in [0.2, 0.25) is 0 Å². The topological polar surface area (TPSA) is 73.8 Å². The van der Waals surface area contributed by atoms with Crippen molar-refractivity contribution in [2.45, 2.75) is 109 Å². The van der Waals surface area contributed by atoms with E-state index in [1.54, 1.807) is 0 Å². The molecule has 0 atom stereocenters. The monoisotopic (exact) mass is 1020 g/mol. The normalized spacial score (nSPS) is 15.9. The predicted octanol–water partition coefficient (Wildman–Crippen LogP) is 7.73. The van der Waals surface area contributed by atoms with Crippen molar-refractivity contribution in [3.63, 3.8) is 0 Å². The quantitative estimate of drug-likeness (QED) is 0.160. The van der Waals surface area contributed by atoms with Crippen molar-refractivity contribution in [1.29, 1.82) is 0 Å². The van der Waals surface area contributed by atoms with Gasteiger partial charge in [0, 0.05) is 77.8 Å². The van der Waals surface area contributed by atoms with Gasteiger partial charge in [0.15, 0.2) is 0 Å². The Labute approximate surface area is 485 Å². The Bertz CT molecular complexity index is 1950. The van der Waals surface area contributed by atoms with E-state index in [-0.39, 0.29) is 64.8 Å². The Balaban J connectivity index is 0.000000324. The van der Waals surface area contributed by atoms with Crippen LogP contribution in [0.25, 0.3) is 0 Å². The van der Waals surface area contributed by atoms with Gasteiger partial charge in [-0.3, -0.25) is 0 Å². The fourth-order valence-corrected chi connectivity index (χ4v) is 10.8. The fourth-order valence-electron chi connectivity index (χ4n) is 10.8. The molecule has 3 aliphatic heterocycles. The van der Waals surface area contributed by atoms with Crippen LogP contribution in [0, 0.1) is 83.1 Å². The van der Waals surface area contributed by atoms with Crippen LogP contribution in [0.1, 0.15) is 92.4 Å². The molecule has 0 bridgehead atoms. The Hall–Kier alpha value is -2.45. The van der Waals surface area contributed by atoms with Crippen molar-refractivity contribution in [1.82, 2.24) is 0 Å². The number of benzene rings is 5. The van der Waals surface area contributed by atoms with Gasteiger partial charge in [-0.15, -0.1) is 0 Å². The van der Waals surface area contributed by atoms with Gasteiger partial charge in [0.05, 0.1) is 79.3 Å². The molecule has 0 aliphatic carbocycles. The largest absolute Gasteiger partial charge is 0.381 e.